The first kappa shape index (κ1) is 20.7. The highest BCUT2D eigenvalue weighted by Gasteiger charge is 2.25. The van der Waals surface area contributed by atoms with Crippen LogP contribution in [0.25, 0.3) is 22.2 Å². The molecule has 32 heavy (non-hydrogen) atoms. The van der Waals surface area contributed by atoms with E-state index < -0.39 is 0 Å². The second kappa shape index (κ2) is 8.77. The zero-order valence-electron chi connectivity index (χ0n) is 17.2. The Kier molecular flexibility index (Phi) is 5.68. The lowest BCUT2D eigenvalue weighted by Crippen LogP contribution is -2.48. The maximum Gasteiger partial charge on any atom is 0.254 e. The van der Waals surface area contributed by atoms with E-state index in [1.807, 2.05) is 59.5 Å². The molecule has 160 valence electrons. The summed E-state index contributed by atoms with van der Waals surface area (Å²) in [7, 11) is 0. The number of pyridine rings is 2. The van der Waals surface area contributed by atoms with Crippen LogP contribution in [0.3, 0.4) is 0 Å². The summed E-state index contributed by atoms with van der Waals surface area (Å²) < 4.78 is 0. The third kappa shape index (κ3) is 4.14. The van der Waals surface area contributed by atoms with Crippen molar-refractivity contribution in [1.29, 1.82) is 0 Å². The Morgan fingerprint density at radius 2 is 1.59 bits per heavy atom. The van der Waals surface area contributed by atoms with Crippen molar-refractivity contribution in [3.63, 3.8) is 0 Å². The molecule has 2 aromatic heterocycles. The van der Waals surface area contributed by atoms with Gasteiger partial charge >= 0.3 is 0 Å². The molecule has 1 fully saturated rings. The predicted molar refractivity (Wildman–Crippen MR) is 130 cm³/mol. The number of hydrogen-bond acceptors (Lipinski definition) is 4. The first-order valence-electron chi connectivity index (χ1n) is 10.4. The van der Waals surface area contributed by atoms with E-state index in [0.717, 1.165) is 40.9 Å². The Hall–Kier alpha value is -3.15. The van der Waals surface area contributed by atoms with Gasteiger partial charge in [0.2, 0.25) is 0 Å². The van der Waals surface area contributed by atoms with Crippen molar-refractivity contribution < 1.29 is 4.79 Å². The Labute approximate surface area is 196 Å². The van der Waals surface area contributed by atoms with Crippen molar-refractivity contribution in [1.82, 2.24) is 14.9 Å². The molecule has 2 aromatic carbocycles. The van der Waals surface area contributed by atoms with Gasteiger partial charge in [-0.25, -0.2) is 4.98 Å². The van der Waals surface area contributed by atoms with Crippen molar-refractivity contribution >= 4 is 45.7 Å². The summed E-state index contributed by atoms with van der Waals surface area (Å²) in [6.45, 7) is 2.74. The molecule has 0 unspecified atom stereocenters. The van der Waals surface area contributed by atoms with Gasteiger partial charge in [0.1, 0.15) is 0 Å². The number of carbonyl (C=O) groups excluding carboxylic acids is 1. The number of aromatic nitrogens is 2. The number of nitrogens with zero attached hydrogens (tertiary/aromatic N) is 4. The highest BCUT2D eigenvalue weighted by Crippen LogP contribution is 2.28. The van der Waals surface area contributed by atoms with Gasteiger partial charge in [-0.05, 0) is 54.6 Å². The summed E-state index contributed by atoms with van der Waals surface area (Å²) >= 11 is 12.4. The average molecular weight is 463 g/mol. The number of benzene rings is 2. The van der Waals surface area contributed by atoms with E-state index in [1.54, 1.807) is 18.5 Å². The zero-order valence-corrected chi connectivity index (χ0v) is 18.7. The summed E-state index contributed by atoms with van der Waals surface area (Å²) in [5.41, 5.74) is 4.08. The molecule has 1 aliphatic rings. The molecule has 5 rings (SSSR count). The smallest absolute Gasteiger partial charge is 0.254 e. The molecule has 0 atom stereocenters. The lowest BCUT2D eigenvalue weighted by Gasteiger charge is -2.36. The number of rotatable bonds is 3. The number of fused-ring (bicyclic) bond motifs is 1. The van der Waals surface area contributed by atoms with Crippen LogP contribution in [-0.4, -0.2) is 47.0 Å². The van der Waals surface area contributed by atoms with E-state index in [-0.39, 0.29) is 5.91 Å². The van der Waals surface area contributed by atoms with Crippen LogP contribution in [-0.2, 0) is 0 Å². The molecule has 0 radical (unpaired) electrons. The number of halogens is 2. The number of carbonyl (C=O) groups is 1. The molecule has 7 heteroatoms. The minimum absolute atomic E-state index is 0.0132. The van der Waals surface area contributed by atoms with Crippen LogP contribution in [0.4, 0.5) is 5.69 Å². The third-order valence-electron chi connectivity index (χ3n) is 5.72. The standard InChI is InChI=1S/C25H20Cl2N4O/c26-18-2-1-3-20(14-18)30-10-12-31(13-11-30)25(32)22-16-24(17-6-8-28-9-7-17)29-23-5-4-19(27)15-21(22)23/h1-9,14-16H,10-13H2. The van der Waals surface area contributed by atoms with Crippen LogP contribution >= 0.6 is 23.2 Å². The Bertz CT molecular complexity index is 1290. The van der Waals surface area contributed by atoms with Crippen molar-refractivity contribution in [3.05, 3.63) is 88.7 Å². The predicted octanol–water partition coefficient (Wildman–Crippen LogP) is 5.57. The first-order chi connectivity index (χ1) is 15.6. The topological polar surface area (TPSA) is 49.3 Å². The fourth-order valence-corrected chi connectivity index (χ4v) is 4.41. The summed E-state index contributed by atoms with van der Waals surface area (Å²) in [6.07, 6.45) is 3.44. The number of anilines is 1. The van der Waals surface area contributed by atoms with Crippen molar-refractivity contribution in [2.75, 3.05) is 31.1 Å². The van der Waals surface area contributed by atoms with Gasteiger partial charge in [-0.2, -0.15) is 0 Å². The fourth-order valence-electron chi connectivity index (χ4n) is 4.06. The normalized spacial score (nSPS) is 14.1. The molecule has 4 aromatic rings. The molecule has 1 saturated heterocycles. The Morgan fingerprint density at radius 3 is 2.34 bits per heavy atom. The first-order valence-corrected chi connectivity index (χ1v) is 11.1. The number of hydrogen-bond donors (Lipinski definition) is 0. The minimum Gasteiger partial charge on any atom is -0.368 e. The van der Waals surface area contributed by atoms with Crippen molar-refractivity contribution in [2.45, 2.75) is 0 Å². The van der Waals surface area contributed by atoms with E-state index in [4.69, 9.17) is 28.2 Å². The quantitative estimate of drug-likeness (QED) is 0.399. The van der Waals surface area contributed by atoms with Crippen LogP contribution in [0.15, 0.2) is 73.1 Å². The fraction of sp³-hybridized carbons (Fsp3) is 0.160. The molecule has 5 nitrogen and oxygen atoms in total. The lowest BCUT2D eigenvalue weighted by atomic mass is 10.0. The van der Waals surface area contributed by atoms with Gasteiger partial charge in [0.25, 0.3) is 5.91 Å². The van der Waals surface area contributed by atoms with Gasteiger partial charge in [0.05, 0.1) is 16.8 Å². The van der Waals surface area contributed by atoms with Gasteiger partial charge in [0.15, 0.2) is 0 Å². The Morgan fingerprint density at radius 1 is 0.844 bits per heavy atom. The molecule has 3 heterocycles. The molecule has 1 aliphatic heterocycles. The average Bonchev–Trinajstić information content (AvgIpc) is 2.83. The molecule has 0 N–H and O–H groups in total. The van der Waals surface area contributed by atoms with Crippen molar-refractivity contribution in [2.24, 2.45) is 0 Å². The molecular formula is C25H20Cl2N4O. The van der Waals surface area contributed by atoms with Crippen LogP contribution in [0, 0.1) is 0 Å². The monoisotopic (exact) mass is 462 g/mol. The Balaban J connectivity index is 1.46. The zero-order chi connectivity index (χ0) is 22.1. The highest BCUT2D eigenvalue weighted by atomic mass is 35.5. The second-order valence-corrected chi connectivity index (χ2v) is 8.58. The summed E-state index contributed by atoms with van der Waals surface area (Å²) in [5.74, 6) is -0.0132. The highest BCUT2D eigenvalue weighted by molar-refractivity contribution is 6.31. The molecule has 1 amide bonds. The molecule has 0 aliphatic carbocycles. The van der Waals surface area contributed by atoms with Gasteiger partial charge in [-0.3, -0.25) is 9.78 Å². The molecule has 0 spiro atoms. The van der Waals surface area contributed by atoms with Crippen LogP contribution in [0.2, 0.25) is 10.0 Å². The van der Waals surface area contributed by atoms with Crippen LogP contribution in [0.1, 0.15) is 10.4 Å². The summed E-state index contributed by atoms with van der Waals surface area (Å²) in [6, 6.07) is 18.9. The second-order valence-electron chi connectivity index (χ2n) is 7.71. The van der Waals surface area contributed by atoms with Gasteiger partial charge in [-0.1, -0.05) is 29.3 Å². The largest absolute Gasteiger partial charge is 0.368 e. The van der Waals surface area contributed by atoms with Crippen molar-refractivity contribution in [3.8, 4) is 11.3 Å². The molecule has 0 bridgehead atoms. The number of amides is 1. The lowest BCUT2D eigenvalue weighted by molar-refractivity contribution is 0.0748. The van der Waals surface area contributed by atoms with E-state index in [9.17, 15) is 4.79 Å². The maximum absolute atomic E-state index is 13.6. The van der Waals surface area contributed by atoms with Gasteiger partial charge in [0, 0.05) is 65.3 Å². The van der Waals surface area contributed by atoms with Crippen LogP contribution in [0.5, 0.6) is 0 Å². The van der Waals surface area contributed by atoms with Crippen LogP contribution < -0.4 is 4.90 Å². The minimum atomic E-state index is -0.0132. The van der Waals surface area contributed by atoms with E-state index >= 15 is 0 Å². The van der Waals surface area contributed by atoms with Gasteiger partial charge in [-0.15, -0.1) is 0 Å². The summed E-state index contributed by atoms with van der Waals surface area (Å²) in [5, 5.41) is 2.05. The summed E-state index contributed by atoms with van der Waals surface area (Å²) in [4.78, 5) is 26.6. The third-order valence-corrected chi connectivity index (χ3v) is 6.19. The number of piperazine rings is 1. The molecular weight excluding hydrogens is 443 g/mol. The van der Waals surface area contributed by atoms with E-state index in [1.165, 1.54) is 0 Å². The SMILES string of the molecule is O=C(c1cc(-c2ccncc2)nc2ccc(Cl)cc12)N1CCN(c2cccc(Cl)c2)CC1. The maximum atomic E-state index is 13.6. The molecule has 0 saturated carbocycles. The van der Waals surface area contributed by atoms with E-state index in [2.05, 4.69) is 9.88 Å². The van der Waals surface area contributed by atoms with Gasteiger partial charge < -0.3 is 9.80 Å². The van der Waals surface area contributed by atoms with E-state index in [0.29, 0.717) is 28.7 Å².